The Balaban J connectivity index is 0.000000821. The molecule has 13 heteroatoms. The van der Waals surface area contributed by atoms with Crippen LogP contribution in [0.5, 0.6) is 17.5 Å². The Morgan fingerprint density at radius 3 is 1.81 bits per heavy atom. The van der Waals surface area contributed by atoms with Crippen molar-refractivity contribution < 1.29 is 37.3 Å². The van der Waals surface area contributed by atoms with Gasteiger partial charge in [0.25, 0.3) is 0 Å². The van der Waals surface area contributed by atoms with Crippen LogP contribution in [-0.4, -0.2) is 60.6 Å². The third-order valence-electron chi connectivity index (χ3n) is 5.40. The summed E-state index contributed by atoms with van der Waals surface area (Å²) in [5.41, 5.74) is 14.2. The lowest BCUT2D eigenvalue weighted by atomic mass is 10.1. The topological polar surface area (TPSA) is 155 Å². The minimum atomic E-state index is -5.08. The van der Waals surface area contributed by atoms with E-state index in [-0.39, 0.29) is 5.96 Å². The first kappa shape index (κ1) is 34.1. The zero-order valence-corrected chi connectivity index (χ0v) is 23.8. The fourth-order valence-corrected chi connectivity index (χ4v) is 3.31. The molecule has 3 aromatic rings. The number of ether oxygens (including phenoxy) is 3. The van der Waals surface area contributed by atoms with Crippen molar-refractivity contribution in [1.29, 1.82) is 0 Å². The van der Waals surface area contributed by atoms with Gasteiger partial charge in [-0.25, -0.2) is 4.79 Å². The molecule has 0 aliphatic rings. The lowest BCUT2D eigenvalue weighted by Crippen LogP contribution is -2.22. The van der Waals surface area contributed by atoms with Crippen LogP contribution < -0.4 is 25.7 Å². The smallest absolute Gasteiger partial charge is 0.490 e. The molecule has 0 aliphatic heterocycles. The fourth-order valence-electron chi connectivity index (χ4n) is 3.31. The van der Waals surface area contributed by atoms with Crippen LogP contribution in [0.1, 0.15) is 41.8 Å². The average molecular weight is 602 g/mol. The maximum atomic E-state index is 10.6. The summed E-state index contributed by atoms with van der Waals surface area (Å²) in [7, 11) is 3.30. The molecule has 0 radical (unpaired) electrons. The van der Waals surface area contributed by atoms with E-state index in [2.05, 4.69) is 15.0 Å². The molecule has 0 saturated carbocycles. The van der Waals surface area contributed by atoms with Crippen LogP contribution in [0.15, 0.2) is 59.6 Å². The highest BCUT2D eigenvalue weighted by Gasteiger charge is 2.38. The maximum Gasteiger partial charge on any atom is 0.490 e. The number of guanidine groups is 1. The Morgan fingerprint density at radius 2 is 1.37 bits per heavy atom. The quantitative estimate of drug-likeness (QED) is 0.135. The first-order valence-corrected chi connectivity index (χ1v) is 13.0. The molecule has 0 atom stereocenters. The molecule has 0 unspecified atom stereocenters. The summed E-state index contributed by atoms with van der Waals surface area (Å²) in [6.07, 6.45) is 5.42. The fraction of sp³-hybridized carbons (Fsp3) is 0.267. The number of alkyl halides is 3. The van der Waals surface area contributed by atoms with E-state index < -0.39 is 12.1 Å². The largest absolute Gasteiger partial charge is 0.497 e. The summed E-state index contributed by atoms with van der Waals surface area (Å²) in [6, 6.07) is 17.9. The summed E-state index contributed by atoms with van der Waals surface area (Å²) >= 11 is 0. The van der Waals surface area contributed by atoms with Gasteiger partial charge in [-0.15, -0.1) is 0 Å². The van der Waals surface area contributed by atoms with Gasteiger partial charge in [0.05, 0.1) is 32.2 Å². The van der Waals surface area contributed by atoms with Crippen LogP contribution in [-0.2, 0) is 4.79 Å². The minimum Gasteiger partial charge on any atom is -0.497 e. The van der Waals surface area contributed by atoms with Gasteiger partial charge in [-0.2, -0.15) is 23.1 Å². The van der Waals surface area contributed by atoms with Crippen molar-refractivity contribution >= 4 is 36.2 Å². The summed E-state index contributed by atoms with van der Waals surface area (Å²) in [4.78, 5) is 22.0. The number of nitrogens with two attached hydrogens (primary N) is 2. The number of aliphatic imine (C=N–C) groups is 1. The number of aliphatic carboxylic acids is 1. The molecule has 1 heterocycles. The van der Waals surface area contributed by atoms with E-state index in [9.17, 15) is 13.2 Å². The third-order valence-corrected chi connectivity index (χ3v) is 5.40. The summed E-state index contributed by atoms with van der Waals surface area (Å²) < 4.78 is 48.2. The number of rotatable bonds is 13. The van der Waals surface area contributed by atoms with Crippen LogP contribution in [0.25, 0.3) is 24.3 Å². The summed E-state index contributed by atoms with van der Waals surface area (Å²) in [5.74, 6) is -1.04. The molecule has 0 fully saturated rings. The Kier molecular flexibility index (Phi) is 14.0. The van der Waals surface area contributed by atoms with Gasteiger partial charge in [-0.1, -0.05) is 36.4 Å². The monoisotopic (exact) mass is 601 g/mol. The second kappa shape index (κ2) is 17.7. The Hall–Kier alpha value is -5.07. The van der Waals surface area contributed by atoms with Gasteiger partial charge in [0.1, 0.15) is 11.5 Å². The molecule has 0 amide bonds. The van der Waals surface area contributed by atoms with Gasteiger partial charge in [-0.3, -0.25) is 4.99 Å². The highest BCUT2D eigenvalue weighted by molar-refractivity contribution is 5.75. The van der Waals surface area contributed by atoms with Crippen LogP contribution in [0.2, 0.25) is 0 Å². The van der Waals surface area contributed by atoms with E-state index in [1.165, 1.54) is 0 Å². The van der Waals surface area contributed by atoms with E-state index in [1.807, 2.05) is 78.9 Å². The molecular weight excluding hydrogens is 567 g/mol. The first-order valence-electron chi connectivity index (χ1n) is 13.0. The number of nitrogens with zero attached hydrogens (tertiary/aromatic N) is 3. The molecule has 0 spiro atoms. The van der Waals surface area contributed by atoms with E-state index in [0.29, 0.717) is 19.2 Å². The average Bonchev–Trinajstić information content (AvgIpc) is 2.98. The molecule has 0 saturated heterocycles. The second-order valence-corrected chi connectivity index (χ2v) is 8.74. The van der Waals surface area contributed by atoms with E-state index in [4.69, 9.17) is 35.6 Å². The summed E-state index contributed by atoms with van der Waals surface area (Å²) in [5, 5.41) is 7.12. The maximum absolute atomic E-state index is 10.6. The normalized spacial score (nSPS) is 11.1. The third kappa shape index (κ3) is 13.9. The molecule has 0 aliphatic carbocycles. The molecule has 5 N–H and O–H groups in total. The first-order chi connectivity index (χ1) is 20.5. The molecule has 3 rings (SSSR count). The van der Waals surface area contributed by atoms with Gasteiger partial charge >= 0.3 is 18.2 Å². The second-order valence-electron chi connectivity index (χ2n) is 8.74. The highest BCUT2D eigenvalue weighted by atomic mass is 19.4. The van der Waals surface area contributed by atoms with Gasteiger partial charge in [-0.05, 0) is 72.9 Å². The molecule has 2 aromatic carbocycles. The number of carboxylic acid groups (broad SMARTS) is 1. The van der Waals surface area contributed by atoms with E-state index >= 15 is 0 Å². The molecule has 0 bridgehead atoms. The number of halogens is 3. The van der Waals surface area contributed by atoms with Crippen molar-refractivity contribution in [3.8, 4) is 17.5 Å². The molecule has 10 nitrogen and oxygen atoms in total. The van der Waals surface area contributed by atoms with Crippen LogP contribution in [0, 0.1) is 0 Å². The lowest BCUT2D eigenvalue weighted by molar-refractivity contribution is -0.192. The predicted molar refractivity (Wildman–Crippen MR) is 160 cm³/mol. The number of aromatic nitrogens is 2. The van der Waals surface area contributed by atoms with Crippen molar-refractivity contribution in [3.63, 3.8) is 0 Å². The SMILES string of the molecule is COc1cccc(C=Cc2cc(C=Cc3cccc(OC)c3)nc(OCCCCCN=C(N)N)n2)c1.O=C(O)C(F)(F)F. The molecule has 230 valence electrons. The minimum absolute atomic E-state index is 0.119. The molecule has 1 aromatic heterocycles. The van der Waals surface area contributed by atoms with Crippen molar-refractivity contribution in [1.82, 2.24) is 9.97 Å². The van der Waals surface area contributed by atoms with E-state index in [0.717, 1.165) is 53.3 Å². The Labute approximate surface area is 247 Å². The van der Waals surface area contributed by atoms with E-state index in [1.54, 1.807) is 14.2 Å². The van der Waals surface area contributed by atoms with Gasteiger partial charge in [0.2, 0.25) is 0 Å². The van der Waals surface area contributed by atoms with Crippen LogP contribution in [0.4, 0.5) is 13.2 Å². The Bertz CT molecular complexity index is 1330. The van der Waals surface area contributed by atoms with Gasteiger partial charge in [0, 0.05) is 6.54 Å². The number of hydrogen-bond acceptors (Lipinski definition) is 7. The Morgan fingerprint density at radius 1 is 0.860 bits per heavy atom. The number of methoxy groups -OCH3 is 2. The van der Waals surface area contributed by atoms with Gasteiger partial charge < -0.3 is 30.8 Å². The predicted octanol–water partition coefficient (Wildman–Crippen LogP) is 5.29. The van der Waals surface area contributed by atoms with Crippen LogP contribution in [0.3, 0.4) is 0 Å². The van der Waals surface area contributed by atoms with Crippen molar-refractivity contribution in [2.75, 3.05) is 27.4 Å². The highest BCUT2D eigenvalue weighted by Crippen LogP contribution is 2.19. The lowest BCUT2D eigenvalue weighted by Gasteiger charge is -2.07. The standard InChI is InChI=1S/C28H33N5O3.C2HF3O2/c1-34-25-10-6-8-21(18-25)12-14-23-20-24(15-13-22-9-7-11-26(19-22)35-2)33-28(32-23)36-17-5-3-4-16-31-27(29)30;3-2(4,5)1(6)7/h6-15,18-20H,3-5,16-17H2,1-2H3,(H4,29,30,31);(H,6,7). The van der Waals surface area contributed by atoms with Crippen molar-refractivity contribution in [2.45, 2.75) is 25.4 Å². The summed E-state index contributed by atoms with van der Waals surface area (Å²) in [6.45, 7) is 1.12. The van der Waals surface area contributed by atoms with Gasteiger partial charge in [0.15, 0.2) is 5.96 Å². The zero-order chi connectivity index (χ0) is 31.7. The van der Waals surface area contributed by atoms with Crippen molar-refractivity contribution in [2.24, 2.45) is 16.5 Å². The number of unbranched alkanes of at least 4 members (excludes halogenated alkanes) is 2. The zero-order valence-electron chi connectivity index (χ0n) is 23.8. The number of benzene rings is 2. The van der Waals surface area contributed by atoms with Crippen LogP contribution >= 0.6 is 0 Å². The van der Waals surface area contributed by atoms with Crippen molar-refractivity contribution in [3.05, 3.63) is 77.1 Å². The number of carbonyl (C=O) groups is 1. The number of carboxylic acids is 1. The molecular formula is C30H34F3N5O5. The number of hydrogen-bond donors (Lipinski definition) is 3. The molecule has 43 heavy (non-hydrogen) atoms.